The molecule has 5 unspecified atom stereocenters. The van der Waals surface area contributed by atoms with Crippen molar-refractivity contribution in [2.24, 2.45) is 11.8 Å². The van der Waals surface area contributed by atoms with Crippen molar-refractivity contribution < 1.29 is 9.84 Å². The van der Waals surface area contributed by atoms with Gasteiger partial charge in [-0.2, -0.15) is 0 Å². The van der Waals surface area contributed by atoms with Gasteiger partial charge < -0.3 is 9.84 Å². The van der Waals surface area contributed by atoms with Crippen LogP contribution in [0.1, 0.15) is 58.8 Å². The normalized spacial score (nSPS) is 45.6. The molecule has 0 spiro atoms. The average molecular weight is 226 g/mol. The van der Waals surface area contributed by atoms with Crippen LogP contribution < -0.4 is 0 Å². The fraction of sp³-hybridized carbons (Fsp3) is 1.00. The molecule has 1 N–H and O–H groups in total. The lowest BCUT2D eigenvalue weighted by atomic mass is 9.80. The van der Waals surface area contributed by atoms with E-state index in [1.165, 1.54) is 19.3 Å². The van der Waals surface area contributed by atoms with Crippen molar-refractivity contribution in [1.29, 1.82) is 0 Å². The van der Waals surface area contributed by atoms with Crippen molar-refractivity contribution >= 4 is 0 Å². The van der Waals surface area contributed by atoms with E-state index in [1.54, 1.807) is 0 Å². The zero-order valence-electron chi connectivity index (χ0n) is 10.7. The van der Waals surface area contributed by atoms with Gasteiger partial charge in [0.25, 0.3) is 0 Å². The third-order valence-electron chi connectivity index (χ3n) is 4.53. The minimum Gasteiger partial charge on any atom is -0.393 e. The van der Waals surface area contributed by atoms with Crippen molar-refractivity contribution in [2.45, 2.75) is 77.1 Å². The molecule has 16 heavy (non-hydrogen) atoms. The van der Waals surface area contributed by atoms with Crippen LogP contribution in [0.25, 0.3) is 0 Å². The van der Waals surface area contributed by atoms with Gasteiger partial charge in [-0.05, 0) is 56.8 Å². The van der Waals surface area contributed by atoms with Gasteiger partial charge in [0.05, 0.1) is 18.3 Å². The molecule has 0 aromatic carbocycles. The Balaban J connectivity index is 1.76. The second-order valence-corrected chi connectivity index (χ2v) is 5.97. The molecule has 94 valence electrons. The van der Waals surface area contributed by atoms with E-state index >= 15 is 0 Å². The number of rotatable bonds is 2. The number of aliphatic hydroxyl groups is 1. The van der Waals surface area contributed by atoms with Crippen LogP contribution in [0.15, 0.2) is 0 Å². The van der Waals surface area contributed by atoms with Crippen LogP contribution in [0.4, 0.5) is 0 Å². The highest BCUT2D eigenvalue weighted by Gasteiger charge is 2.29. The van der Waals surface area contributed by atoms with Crippen LogP contribution in [-0.2, 0) is 4.74 Å². The maximum atomic E-state index is 9.62. The number of hydrogen-bond donors (Lipinski definition) is 1. The maximum Gasteiger partial charge on any atom is 0.0603 e. The summed E-state index contributed by atoms with van der Waals surface area (Å²) in [6.45, 7) is 4.70. The Morgan fingerprint density at radius 1 is 0.875 bits per heavy atom. The Morgan fingerprint density at radius 3 is 2.31 bits per heavy atom. The molecule has 0 bridgehead atoms. The van der Waals surface area contributed by atoms with E-state index in [0.29, 0.717) is 12.2 Å². The topological polar surface area (TPSA) is 29.5 Å². The molecule has 0 amide bonds. The van der Waals surface area contributed by atoms with Crippen molar-refractivity contribution in [3.05, 3.63) is 0 Å². The predicted octanol–water partition coefficient (Wildman–Crippen LogP) is 3.13. The van der Waals surface area contributed by atoms with Crippen molar-refractivity contribution in [3.63, 3.8) is 0 Å². The third kappa shape index (κ3) is 3.21. The highest BCUT2D eigenvalue weighted by atomic mass is 16.5. The fourth-order valence-corrected chi connectivity index (χ4v) is 3.14. The molecule has 2 rings (SSSR count). The quantitative estimate of drug-likeness (QED) is 0.784. The Bertz CT molecular complexity index is 217. The first-order valence-corrected chi connectivity index (χ1v) is 6.98. The van der Waals surface area contributed by atoms with Crippen LogP contribution in [0.3, 0.4) is 0 Å². The first kappa shape index (κ1) is 12.4. The van der Waals surface area contributed by atoms with Crippen LogP contribution >= 0.6 is 0 Å². The van der Waals surface area contributed by atoms with E-state index in [9.17, 15) is 5.11 Å². The predicted molar refractivity (Wildman–Crippen MR) is 65.3 cm³/mol. The van der Waals surface area contributed by atoms with Crippen LogP contribution in [0.5, 0.6) is 0 Å². The maximum absolute atomic E-state index is 9.62. The van der Waals surface area contributed by atoms with Gasteiger partial charge in [-0.15, -0.1) is 0 Å². The fourth-order valence-electron chi connectivity index (χ4n) is 3.14. The number of ether oxygens (including phenoxy) is 1. The van der Waals surface area contributed by atoms with Crippen molar-refractivity contribution in [1.82, 2.24) is 0 Å². The van der Waals surface area contributed by atoms with Crippen LogP contribution in [0, 0.1) is 11.8 Å². The molecule has 0 aromatic rings. The Kier molecular flexibility index (Phi) is 4.26. The van der Waals surface area contributed by atoms with Gasteiger partial charge in [-0.3, -0.25) is 0 Å². The molecule has 0 aliphatic heterocycles. The van der Waals surface area contributed by atoms with Crippen molar-refractivity contribution in [3.8, 4) is 0 Å². The summed E-state index contributed by atoms with van der Waals surface area (Å²) < 4.78 is 6.16. The molecule has 0 aromatic heterocycles. The molecule has 0 saturated heterocycles. The standard InChI is InChI=1S/C14H26O2/c1-10-6-7-14(8-11(10)2)16-13-5-3-4-12(15)9-13/h10-15H,3-9H2,1-2H3. The number of hydrogen-bond acceptors (Lipinski definition) is 2. The zero-order chi connectivity index (χ0) is 11.5. The average Bonchev–Trinajstić information content (AvgIpc) is 2.24. The van der Waals surface area contributed by atoms with Gasteiger partial charge in [0.2, 0.25) is 0 Å². The first-order valence-electron chi connectivity index (χ1n) is 6.98. The van der Waals surface area contributed by atoms with Gasteiger partial charge in [0.1, 0.15) is 0 Å². The SMILES string of the molecule is CC1CCC(OC2CCCC(O)C2)CC1C. The van der Waals surface area contributed by atoms with E-state index in [2.05, 4.69) is 13.8 Å². The van der Waals surface area contributed by atoms with Crippen LogP contribution in [-0.4, -0.2) is 23.4 Å². The Labute approximate surface area is 99.4 Å². The molecule has 0 radical (unpaired) electrons. The monoisotopic (exact) mass is 226 g/mol. The minimum absolute atomic E-state index is 0.112. The highest BCUT2D eigenvalue weighted by Crippen LogP contribution is 2.33. The Hall–Kier alpha value is -0.0800. The van der Waals surface area contributed by atoms with Gasteiger partial charge in [-0.25, -0.2) is 0 Å². The van der Waals surface area contributed by atoms with E-state index in [-0.39, 0.29) is 6.10 Å². The molecule has 0 heterocycles. The molecular weight excluding hydrogens is 200 g/mol. The molecule has 2 fully saturated rings. The summed E-state index contributed by atoms with van der Waals surface area (Å²) in [5.41, 5.74) is 0. The highest BCUT2D eigenvalue weighted by molar-refractivity contribution is 4.79. The summed E-state index contributed by atoms with van der Waals surface area (Å²) in [6.07, 6.45) is 8.53. The lowest BCUT2D eigenvalue weighted by Gasteiger charge is -2.36. The molecule has 2 saturated carbocycles. The largest absolute Gasteiger partial charge is 0.393 e. The smallest absolute Gasteiger partial charge is 0.0603 e. The van der Waals surface area contributed by atoms with Gasteiger partial charge in [0, 0.05) is 0 Å². The summed E-state index contributed by atoms with van der Waals surface area (Å²) in [5.74, 6) is 1.66. The van der Waals surface area contributed by atoms with Gasteiger partial charge in [-0.1, -0.05) is 13.8 Å². The second kappa shape index (κ2) is 5.50. The van der Waals surface area contributed by atoms with E-state index < -0.39 is 0 Å². The molecule has 2 aliphatic rings. The van der Waals surface area contributed by atoms with Crippen molar-refractivity contribution in [2.75, 3.05) is 0 Å². The van der Waals surface area contributed by atoms with E-state index in [4.69, 9.17) is 4.74 Å². The van der Waals surface area contributed by atoms with E-state index in [1.807, 2.05) is 0 Å². The molecule has 2 nitrogen and oxygen atoms in total. The molecule has 2 heteroatoms. The van der Waals surface area contributed by atoms with Gasteiger partial charge in [0.15, 0.2) is 0 Å². The second-order valence-electron chi connectivity index (χ2n) is 5.97. The van der Waals surface area contributed by atoms with Gasteiger partial charge >= 0.3 is 0 Å². The number of aliphatic hydroxyl groups excluding tert-OH is 1. The van der Waals surface area contributed by atoms with E-state index in [0.717, 1.165) is 37.5 Å². The minimum atomic E-state index is -0.112. The zero-order valence-corrected chi connectivity index (χ0v) is 10.7. The third-order valence-corrected chi connectivity index (χ3v) is 4.53. The Morgan fingerprint density at radius 2 is 1.62 bits per heavy atom. The summed E-state index contributed by atoms with van der Waals surface area (Å²) >= 11 is 0. The molecular formula is C14H26O2. The summed E-state index contributed by atoms with van der Waals surface area (Å²) in [7, 11) is 0. The molecule has 2 aliphatic carbocycles. The first-order chi connectivity index (χ1) is 7.65. The lowest BCUT2D eigenvalue weighted by Crippen LogP contribution is -2.33. The van der Waals surface area contributed by atoms with Crippen LogP contribution in [0.2, 0.25) is 0 Å². The molecule has 5 atom stereocenters. The summed E-state index contributed by atoms with van der Waals surface area (Å²) in [6, 6.07) is 0. The summed E-state index contributed by atoms with van der Waals surface area (Å²) in [4.78, 5) is 0. The summed E-state index contributed by atoms with van der Waals surface area (Å²) in [5, 5.41) is 9.62. The lowest BCUT2D eigenvalue weighted by molar-refractivity contribution is -0.0792.